The van der Waals surface area contributed by atoms with Crippen molar-refractivity contribution < 1.29 is 5.11 Å². The van der Waals surface area contributed by atoms with E-state index in [0.717, 1.165) is 26.5 Å². The van der Waals surface area contributed by atoms with Crippen molar-refractivity contribution in [1.82, 2.24) is 4.98 Å². The lowest BCUT2D eigenvalue weighted by Crippen LogP contribution is -1.99. The Morgan fingerprint density at radius 1 is 1.00 bits per heavy atom. The second kappa shape index (κ2) is 4.59. The molecule has 2 nitrogen and oxygen atoms in total. The van der Waals surface area contributed by atoms with E-state index in [1.54, 1.807) is 0 Å². The van der Waals surface area contributed by atoms with E-state index in [2.05, 4.69) is 20.9 Å². The van der Waals surface area contributed by atoms with Crippen LogP contribution in [0.4, 0.5) is 0 Å². The fourth-order valence-electron chi connectivity index (χ4n) is 2.17. The van der Waals surface area contributed by atoms with Gasteiger partial charge in [-0.15, -0.1) is 0 Å². The summed E-state index contributed by atoms with van der Waals surface area (Å²) in [7, 11) is 0. The second-order valence-electron chi connectivity index (χ2n) is 4.24. The summed E-state index contributed by atoms with van der Waals surface area (Å²) in [4.78, 5) is 3.16. The number of hydrogen-bond donors (Lipinski definition) is 2. The molecule has 18 heavy (non-hydrogen) atoms. The van der Waals surface area contributed by atoms with Crippen molar-refractivity contribution in [1.29, 1.82) is 0 Å². The average Bonchev–Trinajstić information content (AvgIpc) is 2.87. The summed E-state index contributed by atoms with van der Waals surface area (Å²) < 4.78 is 1.01. The van der Waals surface area contributed by atoms with Gasteiger partial charge in [-0.1, -0.05) is 40.2 Å². The Hall–Kier alpha value is -1.58. The molecule has 0 saturated carbocycles. The van der Waals surface area contributed by atoms with E-state index in [-0.39, 0.29) is 0 Å². The van der Waals surface area contributed by atoms with Gasteiger partial charge in [-0.25, -0.2) is 0 Å². The molecular formula is C15H12BrNO. The molecule has 0 aliphatic carbocycles. The zero-order chi connectivity index (χ0) is 12.5. The zero-order valence-corrected chi connectivity index (χ0v) is 11.2. The van der Waals surface area contributed by atoms with Crippen LogP contribution >= 0.6 is 15.9 Å². The molecule has 0 bridgehead atoms. The van der Waals surface area contributed by atoms with Gasteiger partial charge in [0, 0.05) is 21.6 Å². The third-order valence-electron chi connectivity index (χ3n) is 3.11. The number of aliphatic hydroxyl groups excluding tert-OH is 1. The van der Waals surface area contributed by atoms with Gasteiger partial charge in [-0.3, -0.25) is 0 Å². The van der Waals surface area contributed by atoms with Crippen LogP contribution in [-0.4, -0.2) is 10.1 Å². The van der Waals surface area contributed by atoms with Crippen molar-refractivity contribution in [2.24, 2.45) is 0 Å². The molecule has 3 aromatic rings. The molecule has 0 fully saturated rings. The average molecular weight is 302 g/mol. The molecule has 2 aromatic carbocycles. The van der Waals surface area contributed by atoms with Gasteiger partial charge >= 0.3 is 0 Å². The molecule has 1 atom stereocenters. The Kier molecular flexibility index (Phi) is 2.94. The minimum absolute atomic E-state index is 0.599. The first-order valence-corrected chi connectivity index (χ1v) is 6.54. The number of nitrogens with one attached hydrogen (secondary N) is 1. The molecule has 90 valence electrons. The summed E-state index contributed by atoms with van der Waals surface area (Å²) in [6.45, 7) is 0. The van der Waals surface area contributed by atoms with Gasteiger partial charge in [-0.05, 0) is 35.4 Å². The monoisotopic (exact) mass is 301 g/mol. The largest absolute Gasteiger partial charge is 0.384 e. The number of halogens is 1. The van der Waals surface area contributed by atoms with E-state index >= 15 is 0 Å². The summed E-state index contributed by atoms with van der Waals surface area (Å²) in [6.07, 6.45) is 1.29. The number of hydrogen-bond acceptors (Lipinski definition) is 1. The van der Waals surface area contributed by atoms with Crippen LogP contribution in [0.15, 0.2) is 59.2 Å². The van der Waals surface area contributed by atoms with Crippen LogP contribution in [0.2, 0.25) is 0 Å². The van der Waals surface area contributed by atoms with Gasteiger partial charge < -0.3 is 10.1 Å². The number of aromatic nitrogens is 1. The van der Waals surface area contributed by atoms with E-state index < -0.39 is 6.10 Å². The smallest absolute Gasteiger partial charge is 0.105 e. The molecule has 1 heterocycles. The molecule has 0 amide bonds. The highest BCUT2D eigenvalue weighted by molar-refractivity contribution is 9.10. The van der Waals surface area contributed by atoms with Gasteiger partial charge in [0.1, 0.15) is 6.10 Å². The molecule has 3 rings (SSSR count). The number of rotatable bonds is 2. The van der Waals surface area contributed by atoms with E-state index in [0.29, 0.717) is 0 Å². The molecule has 2 N–H and O–H groups in total. The summed E-state index contributed by atoms with van der Waals surface area (Å²) in [5.74, 6) is 0. The first-order valence-electron chi connectivity index (χ1n) is 5.75. The van der Waals surface area contributed by atoms with Gasteiger partial charge in [0.2, 0.25) is 0 Å². The number of aliphatic hydroxyl groups is 1. The topological polar surface area (TPSA) is 36.0 Å². The Morgan fingerprint density at radius 3 is 2.56 bits per heavy atom. The summed E-state index contributed by atoms with van der Waals surface area (Å²) in [5, 5.41) is 11.5. The van der Waals surface area contributed by atoms with E-state index in [1.807, 2.05) is 54.7 Å². The number of aromatic amines is 1. The normalized spacial score (nSPS) is 12.8. The zero-order valence-electron chi connectivity index (χ0n) is 9.60. The maximum absolute atomic E-state index is 10.5. The van der Waals surface area contributed by atoms with Crippen molar-refractivity contribution in [3.05, 3.63) is 70.3 Å². The number of benzene rings is 2. The Balaban J connectivity index is 2.08. The quantitative estimate of drug-likeness (QED) is 0.737. The van der Waals surface area contributed by atoms with Gasteiger partial charge in [-0.2, -0.15) is 0 Å². The van der Waals surface area contributed by atoms with Crippen LogP contribution in [0, 0.1) is 0 Å². The second-order valence-corrected chi connectivity index (χ2v) is 5.16. The molecule has 0 spiro atoms. The number of H-pyrrole nitrogens is 1. The van der Waals surface area contributed by atoms with Crippen LogP contribution in [0.1, 0.15) is 17.2 Å². The van der Waals surface area contributed by atoms with E-state index in [1.165, 1.54) is 0 Å². The summed E-state index contributed by atoms with van der Waals surface area (Å²) in [5.41, 5.74) is 2.87. The molecule has 0 radical (unpaired) electrons. The summed E-state index contributed by atoms with van der Waals surface area (Å²) in [6, 6.07) is 15.7. The standard InChI is InChI=1S/C15H12BrNO/c16-11-6-4-10(5-7-11)15(18)13-2-1-3-14-12(13)8-9-17-14/h1-9,15,17-18H. The maximum Gasteiger partial charge on any atom is 0.105 e. The fourth-order valence-corrected chi connectivity index (χ4v) is 2.44. The highest BCUT2D eigenvalue weighted by Gasteiger charge is 2.13. The highest BCUT2D eigenvalue weighted by atomic mass is 79.9. The molecule has 0 aliphatic heterocycles. The lowest BCUT2D eigenvalue weighted by Gasteiger charge is -2.12. The molecular weight excluding hydrogens is 290 g/mol. The highest BCUT2D eigenvalue weighted by Crippen LogP contribution is 2.29. The lowest BCUT2D eigenvalue weighted by atomic mass is 9.99. The first-order chi connectivity index (χ1) is 8.75. The molecule has 0 aliphatic rings. The van der Waals surface area contributed by atoms with Crippen molar-refractivity contribution >= 4 is 26.8 Å². The van der Waals surface area contributed by atoms with Crippen LogP contribution in [0.25, 0.3) is 10.9 Å². The van der Waals surface area contributed by atoms with Crippen LogP contribution in [0.5, 0.6) is 0 Å². The Bertz CT molecular complexity index is 672. The SMILES string of the molecule is OC(c1ccc(Br)cc1)c1cccc2[nH]ccc12. The lowest BCUT2D eigenvalue weighted by molar-refractivity contribution is 0.222. The summed E-state index contributed by atoms with van der Waals surface area (Å²) >= 11 is 3.40. The van der Waals surface area contributed by atoms with Crippen molar-refractivity contribution in [3.8, 4) is 0 Å². The Labute approximate surface area is 113 Å². The third-order valence-corrected chi connectivity index (χ3v) is 3.64. The van der Waals surface area contributed by atoms with Crippen LogP contribution in [0.3, 0.4) is 0 Å². The van der Waals surface area contributed by atoms with Crippen molar-refractivity contribution in [2.75, 3.05) is 0 Å². The van der Waals surface area contributed by atoms with Gasteiger partial charge in [0.15, 0.2) is 0 Å². The van der Waals surface area contributed by atoms with Crippen LogP contribution in [-0.2, 0) is 0 Å². The van der Waals surface area contributed by atoms with E-state index in [4.69, 9.17) is 0 Å². The third kappa shape index (κ3) is 1.96. The van der Waals surface area contributed by atoms with Crippen molar-refractivity contribution in [2.45, 2.75) is 6.10 Å². The number of fused-ring (bicyclic) bond motifs is 1. The predicted octanol–water partition coefficient (Wildman–Crippen LogP) is 4.01. The van der Waals surface area contributed by atoms with Crippen molar-refractivity contribution in [3.63, 3.8) is 0 Å². The predicted molar refractivity (Wildman–Crippen MR) is 76.5 cm³/mol. The molecule has 1 aromatic heterocycles. The van der Waals surface area contributed by atoms with E-state index in [9.17, 15) is 5.11 Å². The molecule has 0 saturated heterocycles. The Morgan fingerprint density at radius 2 is 1.78 bits per heavy atom. The van der Waals surface area contributed by atoms with Crippen LogP contribution < -0.4 is 0 Å². The minimum Gasteiger partial charge on any atom is -0.384 e. The van der Waals surface area contributed by atoms with Gasteiger partial charge in [0.05, 0.1) is 0 Å². The molecule has 3 heteroatoms. The maximum atomic E-state index is 10.5. The fraction of sp³-hybridized carbons (Fsp3) is 0.0667. The van der Waals surface area contributed by atoms with Gasteiger partial charge in [0.25, 0.3) is 0 Å². The first kappa shape index (κ1) is 11.5. The minimum atomic E-state index is -0.599. The molecule has 1 unspecified atom stereocenters.